The van der Waals surface area contributed by atoms with Crippen LogP contribution in [0.15, 0.2) is 0 Å². The summed E-state index contributed by atoms with van der Waals surface area (Å²) in [6.45, 7) is 11.8. The highest BCUT2D eigenvalue weighted by Gasteiger charge is 2.21. The summed E-state index contributed by atoms with van der Waals surface area (Å²) < 4.78 is 11.5. The molecule has 0 aromatic rings. The van der Waals surface area contributed by atoms with E-state index in [2.05, 4.69) is 23.4 Å². The minimum absolute atomic E-state index is 0.0249. The van der Waals surface area contributed by atoms with Crippen molar-refractivity contribution in [3.8, 4) is 0 Å². The highest BCUT2D eigenvalue weighted by Crippen LogP contribution is 2.11. The highest BCUT2D eigenvalue weighted by atomic mass is 32.2. The van der Waals surface area contributed by atoms with Crippen molar-refractivity contribution in [2.75, 3.05) is 52.3 Å². The Bertz CT molecular complexity index is 329. The third kappa shape index (κ3) is 9.55. The van der Waals surface area contributed by atoms with E-state index in [9.17, 15) is 4.79 Å². The summed E-state index contributed by atoms with van der Waals surface area (Å²) in [4.78, 5) is 14.0. The molecular formula is C17H34N2O3S. The Morgan fingerprint density at radius 2 is 2.17 bits per heavy atom. The second-order valence-electron chi connectivity index (χ2n) is 6.49. The SMILES string of the molecule is CSC(C)CCCOCCN1CCO[C@@H](CNC(=O)C(C)C)C1. The van der Waals surface area contributed by atoms with Gasteiger partial charge in [0, 0.05) is 44.0 Å². The van der Waals surface area contributed by atoms with E-state index in [0.29, 0.717) is 6.54 Å². The van der Waals surface area contributed by atoms with Crippen LogP contribution < -0.4 is 5.32 Å². The molecule has 1 N–H and O–H groups in total. The molecule has 1 heterocycles. The van der Waals surface area contributed by atoms with Crippen molar-refractivity contribution in [2.45, 2.75) is 45.0 Å². The van der Waals surface area contributed by atoms with Crippen molar-refractivity contribution >= 4 is 17.7 Å². The summed E-state index contributed by atoms with van der Waals surface area (Å²) in [6, 6.07) is 0. The van der Waals surface area contributed by atoms with Crippen LogP contribution in [0.1, 0.15) is 33.6 Å². The number of thioether (sulfide) groups is 1. The number of hydrogen-bond donors (Lipinski definition) is 1. The van der Waals surface area contributed by atoms with Crippen molar-refractivity contribution < 1.29 is 14.3 Å². The van der Waals surface area contributed by atoms with Gasteiger partial charge in [0.05, 0.1) is 19.3 Å². The Morgan fingerprint density at radius 1 is 1.39 bits per heavy atom. The van der Waals surface area contributed by atoms with Crippen molar-refractivity contribution in [1.29, 1.82) is 0 Å². The molecular weight excluding hydrogens is 312 g/mol. The van der Waals surface area contributed by atoms with Crippen molar-refractivity contribution in [3.63, 3.8) is 0 Å². The Kier molecular flexibility index (Phi) is 10.9. The standard InChI is InChI=1S/C17H34N2O3S/c1-14(2)17(20)18-12-16-13-19(8-11-22-16)7-10-21-9-5-6-15(3)23-4/h14-16H,5-13H2,1-4H3,(H,18,20)/t15?,16-/m0/s1. The maximum absolute atomic E-state index is 11.6. The van der Waals surface area contributed by atoms with E-state index in [1.807, 2.05) is 25.6 Å². The van der Waals surface area contributed by atoms with Gasteiger partial charge in [-0.15, -0.1) is 0 Å². The third-order valence-electron chi connectivity index (χ3n) is 4.10. The van der Waals surface area contributed by atoms with Crippen molar-refractivity contribution in [3.05, 3.63) is 0 Å². The van der Waals surface area contributed by atoms with Gasteiger partial charge < -0.3 is 14.8 Å². The van der Waals surface area contributed by atoms with Gasteiger partial charge in [-0.2, -0.15) is 11.8 Å². The molecule has 2 atom stereocenters. The number of nitrogens with zero attached hydrogens (tertiary/aromatic N) is 1. The van der Waals surface area contributed by atoms with Crippen molar-refractivity contribution in [2.24, 2.45) is 5.92 Å². The second kappa shape index (κ2) is 12.1. The normalized spacial score (nSPS) is 20.7. The third-order valence-corrected chi connectivity index (χ3v) is 5.15. The molecule has 6 heteroatoms. The molecule has 0 aliphatic carbocycles. The molecule has 0 aromatic heterocycles. The van der Waals surface area contributed by atoms with E-state index in [0.717, 1.165) is 51.1 Å². The van der Waals surface area contributed by atoms with Gasteiger partial charge in [0.15, 0.2) is 0 Å². The lowest BCUT2D eigenvalue weighted by Crippen LogP contribution is -2.48. The van der Waals surface area contributed by atoms with Crippen LogP contribution in [0.2, 0.25) is 0 Å². The number of nitrogens with one attached hydrogen (secondary N) is 1. The van der Waals surface area contributed by atoms with Crippen LogP contribution >= 0.6 is 11.8 Å². The monoisotopic (exact) mass is 346 g/mol. The van der Waals surface area contributed by atoms with Gasteiger partial charge in [-0.25, -0.2) is 0 Å². The minimum Gasteiger partial charge on any atom is -0.380 e. The molecule has 1 rings (SSSR count). The lowest BCUT2D eigenvalue weighted by molar-refractivity contribution is -0.125. The van der Waals surface area contributed by atoms with Crippen LogP contribution in [-0.4, -0.2) is 74.4 Å². The Morgan fingerprint density at radius 3 is 2.87 bits per heavy atom. The molecule has 1 aliphatic heterocycles. The van der Waals surface area contributed by atoms with Crippen LogP contribution in [-0.2, 0) is 14.3 Å². The summed E-state index contributed by atoms with van der Waals surface area (Å²) in [7, 11) is 0. The number of carbonyl (C=O) groups is 1. The Hall–Kier alpha value is -0.300. The first-order chi connectivity index (χ1) is 11.0. The molecule has 1 aliphatic rings. The molecule has 0 saturated carbocycles. The summed E-state index contributed by atoms with van der Waals surface area (Å²) in [6.07, 6.45) is 4.60. The van der Waals surface area contributed by atoms with E-state index in [4.69, 9.17) is 9.47 Å². The van der Waals surface area contributed by atoms with E-state index in [-0.39, 0.29) is 17.9 Å². The fourth-order valence-corrected chi connectivity index (χ4v) is 2.81. The average molecular weight is 347 g/mol. The zero-order chi connectivity index (χ0) is 17.1. The van der Waals surface area contributed by atoms with Gasteiger partial charge in [0.1, 0.15) is 0 Å². The van der Waals surface area contributed by atoms with E-state index in [1.165, 1.54) is 6.42 Å². The summed E-state index contributed by atoms with van der Waals surface area (Å²) in [5, 5.41) is 3.67. The predicted octanol–water partition coefficient (Wildman–Crippen LogP) is 2.01. The van der Waals surface area contributed by atoms with Crippen LogP contribution in [0, 0.1) is 5.92 Å². The molecule has 0 bridgehead atoms. The van der Waals surface area contributed by atoms with E-state index < -0.39 is 0 Å². The van der Waals surface area contributed by atoms with Gasteiger partial charge in [0.25, 0.3) is 0 Å². The number of amides is 1. The number of ether oxygens (including phenoxy) is 2. The second-order valence-corrected chi connectivity index (χ2v) is 7.77. The van der Waals surface area contributed by atoms with Crippen molar-refractivity contribution in [1.82, 2.24) is 10.2 Å². The molecule has 1 saturated heterocycles. The van der Waals surface area contributed by atoms with Gasteiger partial charge in [-0.3, -0.25) is 9.69 Å². The zero-order valence-electron chi connectivity index (χ0n) is 15.2. The van der Waals surface area contributed by atoms with Gasteiger partial charge >= 0.3 is 0 Å². The molecule has 0 aromatic carbocycles. The summed E-state index contributed by atoms with van der Waals surface area (Å²) >= 11 is 1.91. The smallest absolute Gasteiger partial charge is 0.222 e. The average Bonchev–Trinajstić information content (AvgIpc) is 2.55. The lowest BCUT2D eigenvalue weighted by Gasteiger charge is -2.33. The zero-order valence-corrected chi connectivity index (χ0v) is 16.0. The number of carbonyl (C=O) groups excluding carboxylic acids is 1. The van der Waals surface area contributed by atoms with Gasteiger partial charge in [0.2, 0.25) is 5.91 Å². The summed E-state index contributed by atoms with van der Waals surface area (Å²) in [5.41, 5.74) is 0. The predicted molar refractivity (Wildman–Crippen MR) is 97.1 cm³/mol. The fraction of sp³-hybridized carbons (Fsp3) is 0.941. The molecule has 136 valence electrons. The molecule has 0 spiro atoms. The molecule has 1 fully saturated rings. The first-order valence-electron chi connectivity index (χ1n) is 8.75. The molecule has 5 nitrogen and oxygen atoms in total. The quantitative estimate of drug-likeness (QED) is 0.580. The molecule has 1 unspecified atom stereocenters. The fourth-order valence-electron chi connectivity index (χ4n) is 2.41. The molecule has 0 radical (unpaired) electrons. The minimum atomic E-state index is 0.0249. The lowest BCUT2D eigenvalue weighted by atomic mass is 10.2. The topological polar surface area (TPSA) is 50.8 Å². The van der Waals surface area contributed by atoms with E-state index in [1.54, 1.807) is 0 Å². The Labute approximate surface area is 145 Å². The number of rotatable bonds is 11. The largest absolute Gasteiger partial charge is 0.380 e. The van der Waals surface area contributed by atoms with Gasteiger partial charge in [-0.05, 0) is 19.1 Å². The molecule has 23 heavy (non-hydrogen) atoms. The van der Waals surface area contributed by atoms with Gasteiger partial charge in [-0.1, -0.05) is 20.8 Å². The summed E-state index contributed by atoms with van der Waals surface area (Å²) in [5.74, 6) is 0.116. The molecule has 1 amide bonds. The number of hydrogen-bond acceptors (Lipinski definition) is 5. The van der Waals surface area contributed by atoms with Crippen LogP contribution in [0.5, 0.6) is 0 Å². The van der Waals surface area contributed by atoms with E-state index >= 15 is 0 Å². The maximum Gasteiger partial charge on any atom is 0.222 e. The Balaban J connectivity index is 2.07. The van der Waals surface area contributed by atoms with Crippen LogP contribution in [0.3, 0.4) is 0 Å². The number of morpholine rings is 1. The van der Waals surface area contributed by atoms with Crippen LogP contribution in [0.4, 0.5) is 0 Å². The maximum atomic E-state index is 11.6. The highest BCUT2D eigenvalue weighted by molar-refractivity contribution is 7.99. The first kappa shape index (κ1) is 20.7. The first-order valence-corrected chi connectivity index (χ1v) is 10.0. The van der Waals surface area contributed by atoms with Crippen LogP contribution in [0.25, 0.3) is 0 Å².